The van der Waals surface area contributed by atoms with Crippen molar-refractivity contribution in [3.05, 3.63) is 104 Å². The number of anilines is 1. The van der Waals surface area contributed by atoms with Crippen LogP contribution in [0.25, 0.3) is 0 Å². The second-order valence-electron chi connectivity index (χ2n) is 7.82. The summed E-state index contributed by atoms with van der Waals surface area (Å²) in [6, 6.07) is 16.4. The number of benzene rings is 2. The molecule has 1 atom stereocenters. The van der Waals surface area contributed by atoms with Crippen LogP contribution in [0.4, 0.5) is 5.69 Å². The predicted molar refractivity (Wildman–Crippen MR) is 124 cm³/mol. The zero-order valence-corrected chi connectivity index (χ0v) is 18.6. The van der Waals surface area contributed by atoms with E-state index in [4.69, 9.17) is 9.47 Å². The van der Waals surface area contributed by atoms with Crippen LogP contribution in [0.1, 0.15) is 40.7 Å². The third-order valence-corrected chi connectivity index (χ3v) is 5.73. The second-order valence-corrected chi connectivity index (χ2v) is 7.82. The van der Waals surface area contributed by atoms with Crippen LogP contribution in [-0.4, -0.2) is 18.1 Å². The number of ether oxygens (including phenoxy) is 2. The maximum Gasteiger partial charge on any atom is 0.337 e. The number of nitriles is 1. The zero-order chi connectivity index (χ0) is 23.5. The number of carbonyl (C=O) groups excluding carboxylic acids is 1. The molecule has 4 rings (SSSR count). The Morgan fingerprint density at radius 2 is 1.91 bits per heavy atom. The van der Waals surface area contributed by atoms with Crippen LogP contribution >= 0.6 is 0 Å². The van der Waals surface area contributed by atoms with E-state index in [1.54, 1.807) is 31.3 Å². The Balaban J connectivity index is 1.86. The number of aromatic amines is 1. The summed E-state index contributed by atoms with van der Waals surface area (Å²) in [6.45, 7) is 3.76. The number of aryl methyl sites for hydroxylation is 1. The van der Waals surface area contributed by atoms with Gasteiger partial charge in [0.2, 0.25) is 0 Å². The quantitative estimate of drug-likeness (QED) is 0.577. The monoisotopic (exact) mass is 441 g/mol. The van der Waals surface area contributed by atoms with Gasteiger partial charge in [0.25, 0.3) is 5.56 Å². The van der Waals surface area contributed by atoms with Crippen LogP contribution in [-0.2, 0) is 16.1 Å². The Morgan fingerprint density at radius 1 is 1.15 bits per heavy atom. The van der Waals surface area contributed by atoms with Gasteiger partial charge >= 0.3 is 5.97 Å². The van der Waals surface area contributed by atoms with E-state index in [1.807, 2.05) is 37.3 Å². The van der Waals surface area contributed by atoms with Gasteiger partial charge in [-0.25, -0.2) is 4.79 Å². The first-order chi connectivity index (χ1) is 15.9. The van der Waals surface area contributed by atoms with E-state index in [2.05, 4.69) is 16.4 Å². The van der Waals surface area contributed by atoms with Crippen LogP contribution < -0.4 is 15.6 Å². The lowest BCUT2D eigenvalue weighted by molar-refractivity contribution is -0.140. The van der Waals surface area contributed by atoms with Gasteiger partial charge in [-0.05, 0) is 37.1 Å². The Labute approximate surface area is 191 Å². The van der Waals surface area contributed by atoms with E-state index in [-0.39, 0.29) is 12.2 Å². The van der Waals surface area contributed by atoms with Crippen molar-refractivity contribution in [2.45, 2.75) is 26.4 Å². The molecule has 0 saturated heterocycles. The fourth-order valence-corrected chi connectivity index (χ4v) is 4.11. The first-order valence-electron chi connectivity index (χ1n) is 10.4. The van der Waals surface area contributed by atoms with E-state index in [1.165, 1.54) is 7.11 Å². The predicted octanol–water partition coefficient (Wildman–Crippen LogP) is 4.14. The molecule has 33 heavy (non-hydrogen) atoms. The standard InChI is InChI=1S/C26H23N3O4/c1-15-13-28-25(30)23-22(19-10-9-18(12-27)11-20(19)32-3)21(16(2)29-24(15)23)26(31)33-14-17-7-5-4-6-8-17/h4-11,13,22,29H,14H2,1-3H3,(H,28,30)/t22-/m1/s1. The Kier molecular flexibility index (Phi) is 6.01. The van der Waals surface area contributed by atoms with Gasteiger partial charge < -0.3 is 19.8 Å². The van der Waals surface area contributed by atoms with Gasteiger partial charge in [-0.3, -0.25) is 4.79 Å². The van der Waals surface area contributed by atoms with E-state index in [0.717, 1.165) is 11.1 Å². The maximum atomic E-state index is 13.4. The van der Waals surface area contributed by atoms with Gasteiger partial charge in [0.15, 0.2) is 0 Å². The summed E-state index contributed by atoms with van der Waals surface area (Å²) in [5.74, 6) is -0.864. The summed E-state index contributed by atoms with van der Waals surface area (Å²) in [5.41, 5.74) is 4.33. The smallest absolute Gasteiger partial charge is 0.337 e. The molecule has 2 aromatic carbocycles. The molecule has 0 radical (unpaired) electrons. The molecule has 0 saturated carbocycles. The van der Waals surface area contributed by atoms with Crippen LogP contribution in [0.15, 0.2) is 70.8 Å². The molecule has 2 N–H and O–H groups in total. The molecule has 0 fully saturated rings. The number of fused-ring (bicyclic) bond motifs is 1. The van der Waals surface area contributed by atoms with Crippen LogP contribution in [0, 0.1) is 18.3 Å². The van der Waals surface area contributed by atoms with Crippen LogP contribution in [0.5, 0.6) is 5.75 Å². The van der Waals surface area contributed by atoms with Crippen molar-refractivity contribution in [2.75, 3.05) is 12.4 Å². The van der Waals surface area contributed by atoms with Crippen molar-refractivity contribution >= 4 is 11.7 Å². The minimum atomic E-state index is -0.740. The number of carbonyl (C=O) groups is 1. The normalized spacial score (nSPS) is 14.7. The summed E-state index contributed by atoms with van der Waals surface area (Å²) in [7, 11) is 1.49. The summed E-state index contributed by atoms with van der Waals surface area (Å²) in [6.07, 6.45) is 1.63. The van der Waals surface area contributed by atoms with Gasteiger partial charge in [0, 0.05) is 17.5 Å². The number of nitrogens with zero attached hydrogens (tertiary/aromatic N) is 1. The lowest BCUT2D eigenvalue weighted by atomic mass is 9.80. The molecule has 7 nitrogen and oxygen atoms in total. The lowest BCUT2D eigenvalue weighted by Gasteiger charge is -2.31. The molecule has 1 aromatic heterocycles. The number of pyridine rings is 1. The number of H-pyrrole nitrogens is 1. The Hall–Kier alpha value is -4.31. The molecule has 1 aliphatic rings. The number of rotatable bonds is 5. The highest BCUT2D eigenvalue weighted by Gasteiger charge is 2.37. The van der Waals surface area contributed by atoms with Gasteiger partial charge in [-0.1, -0.05) is 36.4 Å². The molecule has 166 valence electrons. The van der Waals surface area contributed by atoms with E-state index in [0.29, 0.717) is 39.4 Å². The number of esters is 1. The average molecular weight is 441 g/mol. The Bertz CT molecular complexity index is 1350. The summed E-state index contributed by atoms with van der Waals surface area (Å²) in [5, 5.41) is 12.5. The molecular formula is C26H23N3O4. The minimum absolute atomic E-state index is 0.102. The highest BCUT2D eigenvalue weighted by atomic mass is 16.5. The largest absolute Gasteiger partial charge is 0.496 e. The highest BCUT2D eigenvalue weighted by Crippen LogP contribution is 2.44. The molecule has 2 heterocycles. The van der Waals surface area contributed by atoms with Crippen molar-refractivity contribution in [3.63, 3.8) is 0 Å². The molecule has 7 heteroatoms. The number of nitrogens with one attached hydrogen (secondary N) is 2. The molecule has 0 unspecified atom stereocenters. The van der Waals surface area contributed by atoms with Gasteiger partial charge in [-0.2, -0.15) is 5.26 Å². The molecule has 0 aliphatic carbocycles. The fourth-order valence-electron chi connectivity index (χ4n) is 4.11. The molecule has 3 aromatic rings. The molecule has 0 spiro atoms. The van der Waals surface area contributed by atoms with Crippen LogP contribution in [0.2, 0.25) is 0 Å². The first-order valence-corrected chi connectivity index (χ1v) is 10.4. The number of methoxy groups -OCH3 is 1. The zero-order valence-electron chi connectivity index (χ0n) is 18.6. The topological polar surface area (TPSA) is 104 Å². The van der Waals surface area contributed by atoms with Gasteiger partial charge in [0.1, 0.15) is 12.4 Å². The number of hydrogen-bond donors (Lipinski definition) is 2. The molecule has 0 bridgehead atoms. The number of allylic oxidation sites excluding steroid dienone is 1. The third-order valence-electron chi connectivity index (χ3n) is 5.73. The van der Waals surface area contributed by atoms with Crippen molar-refractivity contribution < 1.29 is 14.3 Å². The van der Waals surface area contributed by atoms with Crippen LogP contribution in [0.3, 0.4) is 0 Å². The maximum absolute atomic E-state index is 13.4. The third kappa shape index (κ3) is 4.11. The van der Waals surface area contributed by atoms with E-state index < -0.39 is 11.9 Å². The fraction of sp³-hybridized carbons (Fsp3) is 0.192. The highest BCUT2D eigenvalue weighted by molar-refractivity contribution is 5.95. The second kappa shape index (κ2) is 9.05. The molecule has 0 amide bonds. The van der Waals surface area contributed by atoms with Crippen molar-refractivity contribution in [1.29, 1.82) is 5.26 Å². The van der Waals surface area contributed by atoms with Crippen molar-refractivity contribution in [2.24, 2.45) is 0 Å². The summed E-state index contributed by atoms with van der Waals surface area (Å²) in [4.78, 5) is 29.1. The average Bonchev–Trinajstić information content (AvgIpc) is 2.84. The number of aromatic nitrogens is 1. The SMILES string of the molecule is COc1cc(C#N)ccc1[C@@H]1C(C(=O)OCc2ccccc2)=C(C)Nc2c(C)c[nH]c(=O)c21. The minimum Gasteiger partial charge on any atom is -0.496 e. The van der Waals surface area contributed by atoms with E-state index in [9.17, 15) is 14.9 Å². The lowest BCUT2D eigenvalue weighted by Crippen LogP contribution is -2.30. The summed E-state index contributed by atoms with van der Waals surface area (Å²) < 4.78 is 11.2. The van der Waals surface area contributed by atoms with Crippen molar-refractivity contribution in [1.82, 2.24) is 4.98 Å². The summed E-state index contributed by atoms with van der Waals surface area (Å²) >= 11 is 0. The molecule has 1 aliphatic heterocycles. The van der Waals surface area contributed by atoms with Gasteiger partial charge in [0.05, 0.1) is 41.5 Å². The Morgan fingerprint density at radius 3 is 2.61 bits per heavy atom. The van der Waals surface area contributed by atoms with Gasteiger partial charge in [-0.15, -0.1) is 0 Å². The first kappa shape index (κ1) is 21.9. The van der Waals surface area contributed by atoms with E-state index >= 15 is 0 Å². The van der Waals surface area contributed by atoms with Crippen molar-refractivity contribution in [3.8, 4) is 11.8 Å². The number of hydrogen-bond acceptors (Lipinski definition) is 6. The molecular weight excluding hydrogens is 418 g/mol.